The average Bonchev–Trinajstić information content (AvgIpc) is 2.91. The molecule has 0 aliphatic rings. The molecular weight excluding hydrogens is 345 g/mol. The van der Waals surface area contributed by atoms with E-state index < -0.39 is 24.2 Å². The third-order valence-electron chi connectivity index (χ3n) is 3.31. The lowest BCUT2D eigenvalue weighted by atomic mass is 10.1. The van der Waals surface area contributed by atoms with E-state index in [4.69, 9.17) is 19.9 Å². The Bertz CT molecular complexity index is 756. The second-order valence-corrected chi connectivity index (χ2v) is 5.09. The lowest BCUT2D eigenvalue weighted by Crippen LogP contribution is -2.16. The van der Waals surface area contributed by atoms with Crippen LogP contribution in [0.1, 0.15) is 33.8 Å². The molecule has 0 saturated carbocycles. The first-order valence-electron chi connectivity index (χ1n) is 7.36. The summed E-state index contributed by atoms with van der Waals surface area (Å²) in [5.74, 6) is -2.02. The number of nitrogen functional groups attached to an aromatic ring is 1. The van der Waals surface area contributed by atoms with Crippen LogP contribution in [-0.2, 0) is 9.47 Å². The Morgan fingerprint density at radius 3 is 2.62 bits per heavy atom. The van der Waals surface area contributed by atoms with Gasteiger partial charge in [-0.15, -0.1) is 0 Å². The van der Waals surface area contributed by atoms with Gasteiger partial charge in [-0.2, -0.15) is 5.10 Å². The van der Waals surface area contributed by atoms with E-state index in [-0.39, 0.29) is 36.7 Å². The van der Waals surface area contributed by atoms with Gasteiger partial charge in [0.05, 0.1) is 12.2 Å². The average molecular weight is 367 g/mol. The maximum Gasteiger partial charge on any atom is 0.344 e. The van der Waals surface area contributed by atoms with Crippen LogP contribution in [0.4, 0.5) is 10.2 Å². The van der Waals surface area contributed by atoms with Crippen LogP contribution in [-0.4, -0.2) is 48.9 Å². The number of carbonyl (C=O) groups is 2. The summed E-state index contributed by atoms with van der Waals surface area (Å²) in [6.07, 6.45) is 0. The number of aromatic nitrogens is 2. The molecule has 142 valence electrons. The molecule has 0 atom stereocenters. The van der Waals surface area contributed by atoms with E-state index in [1.165, 1.54) is 19.2 Å². The van der Waals surface area contributed by atoms with Gasteiger partial charge in [0.25, 0.3) is 0 Å². The fourth-order valence-corrected chi connectivity index (χ4v) is 2.04. The number of Topliss-reactive ketones (excluding diaryl/α,β-unsaturated/α-hetero) is 1. The van der Waals surface area contributed by atoms with Crippen LogP contribution in [0.2, 0.25) is 0 Å². The summed E-state index contributed by atoms with van der Waals surface area (Å²) in [6.45, 7) is 1.58. The van der Waals surface area contributed by atoms with Crippen LogP contribution in [0.3, 0.4) is 0 Å². The number of nitrogens with one attached hydrogen (secondary N) is 1. The Balaban J connectivity index is 0.00000338. The van der Waals surface area contributed by atoms with Crippen molar-refractivity contribution in [2.75, 3.05) is 32.7 Å². The molecule has 0 radical (unpaired) electrons. The topological polar surface area (TPSA) is 117 Å². The number of ketones is 1. The largest absolute Gasteiger partial charge is 0.491 e. The summed E-state index contributed by atoms with van der Waals surface area (Å²) in [5, 5.41) is 6.19. The number of nitrogens with zero attached hydrogens (tertiary/aromatic N) is 1. The standard InChI is InChI=1S/C16H18FN3O5.CH4/c1-9-14(15(18)20-19-9)16(22)25-8-13(21)11-4-3-10(7-12(11)17)24-6-5-23-2;/h3-4,7H,5-6,8H2,1-2H3,(H3,18,19,20);1H4. The van der Waals surface area contributed by atoms with Crippen LogP contribution >= 0.6 is 0 Å². The predicted octanol–water partition coefficient (Wildman–Crippen LogP) is 2.14. The van der Waals surface area contributed by atoms with Gasteiger partial charge in [-0.05, 0) is 19.1 Å². The lowest BCUT2D eigenvalue weighted by molar-refractivity contribution is 0.0474. The third-order valence-corrected chi connectivity index (χ3v) is 3.31. The molecule has 0 amide bonds. The molecule has 1 aromatic carbocycles. The molecule has 3 N–H and O–H groups in total. The van der Waals surface area contributed by atoms with E-state index in [2.05, 4.69) is 10.2 Å². The first-order chi connectivity index (χ1) is 11.9. The van der Waals surface area contributed by atoms with Crippen molar-refractivity contribution in [1.29, 1.82) is 0 Å². The van der Waals surface area contributed by atoms with Gasteiger partial charge in [-0.25, -0.2) is 9.18 Å². The normalized spacial score (nSPS) is 10.1. The Labute approximate surface area is 150 Å². The Hall–Kier alpha value is -2.94. The SMILES string of the molecule is C.COCCOc1ccc(C(=O)COC(=O)c2c(N)n[nH]c2C)c(F)c1. The molecule has 8 nitrogen and oxygen atoms in total. The fourth-order valence-electron chi connectivity index (χ4n) is 2.04. The zero-order chi connectivity index (χ0) is 18.4. The van der Waals surface area contributed by atoms with Gasteiger partial charge in [0, 0.05) is 18.9 Å². The summed E-state index contributed by atoms with van der Waals surface area (Å²) in [4.78, 5) is 24.0. The van der Waals surface area contributed by atoms with Gasteiger partial charge in [0.2, 0.25) is 5.78 Å². The molecule has 0 aliphatic carbocycles. The number of nitrogens with two attached hydrogens (primary N) is 1. The van der Waals surface area contributed by atoms with Gasteiger partial charge in [-0.3, -0.25) is 9.89 Å². The van der Waals surface area contributed by atoms with Crippen molar-refractivity contribution in [3.8, 4) is 5.75 Å². The number of aryl methyl sites for hydroxylation is 1. The highest BCUT2D eigenvalue weighted by Crippen LogP contribution is 2.18. The van der Waals surface area contributed by atoms with Crippen molar-refractivity contribution in [2.45, 2.75) is 14.4 Å². The van der Waals surface area contributed by atoms with Crippen molar-refractivity contribution < 1.29 is 28.2 Å². The number of methoxy groups -OCH3 is 1. The molecule has 0 fully saturated rings. The number of hydrogen-bond donors (Lipinski definition) is 2. The second kappa shape index (κ2) is 9.52. The Morgan fingerprint density at radius 2 is 2.04 bits per heavy atom. The van der Waals surface area contributed by atoms with Crippen LogP contribution in [0.5, 0.6) is 5.75 Å². The van der Waals surface area contributed by atoms with Gasteiger partial charge in [0.1, 0.15) is 23.7 Å². The van der Waals surface area contributed by atoms with Crippen LogP contribution in [0, 0.1) is 12.7 Å². The lowest BCUT2D eigenvalue weighted by Gasteiger charge is -2.08. The summed E-state index contributed by atoms with van der Waals surface area (Å²) < 4.78 is 29.0. The van der Waals surface area contributed by atoms with E-state index in [9.17, 15) is 14.0 Å². The molecule has 26 heavy (non-hydrogen) atoms. The summed E-state index contributed by atoms with van der Waals surface area (Å²) in [7, 11) is 1.52. The molecule has 0 spiro atoms. The number of hydrogen-bond acceptors (Lipinski definition) is 7. The van der Waals surface area contributed by atoms with Crippen molar-refractivity contribution in [1.82, 2.24) is 10.2 Å². The Kier molecular flexibility index (Phi) is 7.73. The molecule has 9 heteroatoms. The number of aromatic amines is 1. The first kappa shape index (κ1) is 21.1. The van der Waals surface area contributed by atoms with Crippen molar-refractivity contribution in [3.63, 3.8) is 0 Å². The van der Waals surface area contributed by atoms with E-state index in [0.29, 0.717) is 12.3 Å². The quantitative estimate of drug-likeness (QED) is 0.417. The molecule has 0 aliphatic heterocycles. The maximum absolute atomic E-state index is 14.0. The number of esters is 1. The monoisotopic (exact) mass is 367 g/mol. The zero-order valence-electron chi connectivity index (χ0n) is 13.8. The molecule has 0 unspecified atom stereocenters. The van der Waals surface area contributed by atoms with E-state index >= 15 is 0 Å². The number of halogens is 1. The minimum absolute atomic E-state index is 0. The van der Waals surface area contributed by atoms with E-state index in [1.807, 2.05) is 0 Å². The number of benzene rings is 1. The highest BCUT2D eigenvalue weighted by molar-refractivity contribution is 6.01. The summed E-state index contributed by atoms with van der Waals surface area (Å²) in [6, 6.07) is 3.81. The Morgan fingerprint density at radius 1 is 1.31 bits per heavy atom. The molecule has 2 rings (SSSR count). The molecule has 1 heterocycles. The molecule has 0 bridgehead atoms. The summed E-state index contributed by atoms with van der Waals surface area (Å²) >= 11 is 0. The van der Waals surface area contributed by atoms with Gasteiger partial charge < -0.3 is 19.9 Å². The van der Waals surface area contributed by atoms with Crippen LogP contribution in [0.25, 0.3) is 0 Å². The van der Waals surface area contributed by atoms with E-state index in [0.717, 1.165) is 6.07 Å². The van der Waals surface area contributed by atoms with Crippen molar-refractivity contribution in [2.24, 2.45) is 0 Å². The van der Waals surface area contributed by atoms with Crippen LogP contribution < -0.4 is 10.5 Å². The zero-order valence-corrected chi connectivity index (χ0v) is 13.8. The van der Waals surface area contributed by atoms with Crippen LogP contribution in [0.15, 0.2) is 18.2 Å². The number of ether oxygens (including phenoxy) is 3. The number of rotatable bonds is 8. The van der Waals surface area contributed by atoms with Crippen molar-refractivity contribution in [3.05, 3.63) is 40.8 Å². The maximum atomic E-state index is 14.0. The van der Waals surface area contributed by atoms with Gasteiger partial charge >= 0.3 is 5.97 Å². The summed E-state index contributed by atoms with van der Waals surface area (Å²) in [5.41, 5.74) is 5.80. The highest BCUT2D eigenvalue weighted by atomic mass is 19.1. The van der Waals surface area contributed by atoms with E-state index in [1.54, 1.807) is 6.92 Å². The highest BCUT2D eigenvalue weighted by Gasteiger charge is 2.20. The number of carbonyl (C=O) groups excluding carboxylic acids is 2. The van der Waals surface area contributed by atoms with Gasteiger partial charge in [-0.1, -0.05) is 7.43 Å². The first-order valence-corrected chi connectivity index (χ1v) is 7.36. The fraction of sp³-hybridized carbons (Fsp3) is 0.353. The third kappa shape index (κ3) is 5.03. The minimum atomic E-state index is -0.808. The molecule has 0 saturated heterocycles. The minimum Gasteiger partial charge on any atom is -0.491 e. The molecule has 1 aromatic heterocycles. The van der Waals surface area contributed by atoms with Crippen molar-refractivity contribution >= 4 is 17.6 Å². The number of H-pyrrole nitrogens is 1. The second-order valence-electron chi connectivity index (χ2n) is 5.09. The number of anilines is 1. The molecular formula is C17H22FN3O5. The molecule has 2 aromatic rings. The van der Waals surface area contributed by atoms with Gasteiger partial charge in [0.15, 0.2) is 12.4 Å². The smallest absolute Gasteiger partial charge is 0.344 e. The predicted molar refractivity (Wildman–Crippen MR) is 92.9 cm³/mol.